The minimum Gasteiger partial charge on any atom is -0.497 e. The SMILES string of the molecule is COc1ccc(CCN2CCCC(CN(C)C(=O)C3=NN(C)C(=O)CC3)C2)cc1. The molecule has 0 aliphatic carbocycles. The van der Waals surface area contributed by atoms with E-state index in [1.54, 1.807) is 19.1 Å². The lowest BCUT2D eigenvalue weighted by molar-refractivity contribution is -0.130. The lowest BCUT2D eigenvalue weighted by Crippen LogP contribution is -2.44. The third-order valence-corrected chi connectivity index (χ3v) is 5.81. The largest absolute Gasteiger partial charge is 0.497 e. The Bertz CT molecular complexity index is 747. The van der Waals surface area contributed by atoms with Gasteiger partial charge in [0.2, 0.25) is 5.91 Å². The van der Waals surface area contributed by atoms with Crippen LogP contribution < -0.4 is 4.74 Å². The molecule has 1 aromatic carbocycles. The monoisotopic (exact) mass is 400 g/mol. The van der Waals surface area contributed by atoms with Crippen LogP contribution in [-0.4, -0.2) is 79.7 Å². The molecule has 2 heterocycles. The van der Waals surface area contributed by atoms with Crippen LogP contribution in [0.25, 0.3) is 0 Å². The van der Waals surface area contributed by atoms with Crippen molar-refractivity contribution < 1.29 is 14.3 Å². The van der Waals surface area contributed by atoms with E-state index in [2.05, 4.69) is 22.1 Å². The number of amides is 2. The fourth-order valence-electron chi connectivity index (χ4n) is 4.10. The van der Waals surface area contributed by atoms with E-state index < -0.39 is 0 Å². The summed E-state index contributed by atoms with van der Waals surface area (Å²) in [5, 5.41) is 5.44. The van der Waals surface area contributed by atoms with Gasteiger partial charge in [-0.25, -0.2) is 5.01 Å². The molecule has 1 aromatic rings. The van der Waals surface area contributed by atoms with Crippen molar-refractivity contribution in [2.75, 3.05) is 47.4 Å². The summed E-state index contributed by atoms with van der Waals surface area (Å²) in [5.41, 5.74) is 1.80. The molecule has 2 aliphatic rings. The second-order valence-corrected chi connectivity index (χ2v) is 8.06. The molecule has 0 radical (unpaired) electrons. The van der Waals surface area contributed by atoms with Crippen LogP contribution in [0.5, 0.6) is 5.75 Å². The van der Waals surface area contributed by atoms with E-state index in [4.69, 9.17) is 4.74 Å². The van der Waals surface area contributed by atoms with Gasteiger partial charge < -0.3 is 14.5 Å². The molecular weight excluding hydrogens is 368 g/mol. The molecule has 1 unspecified atom stereocenters. The topological polar surface area (TPSA) is 65.5 Å². The number of carbonyl (C=O) groups is 2. The Labute approximate surface area is 173 Å². The van der Waals surface area contributed by atoms with Crippen molar-refractivity contribution in [3.63, 3.8) is 0 Å². The maximum atomic E-state index is 12.7. The number of ether oxygens (including phenoxy) is 1. The van der Waals surface area contributed by atoms with Crippen LogP contribution in [0.15, 0.2) is 29.4 Å². The zero-order valence-electron chi connectivity index (χ0n) is 17.8. The number of nitrogens with zero attached hydrogens (tertiary/aromatic N) is 4. The first kappa shape index (κ1) is 21.3. The Morgan fingerprint density at radius 2 is 2.03 bits per heavy atom. The van der Waals surface area contributed by atoms with Gasteiger partial charge in [-0.15, -0.1) is 0 Å². The molecule has 0 saturated carbocycles. The summed E-state index contributed by atoms with van der Waals surface area (Å²) in [5.74, 6) is 1.26. The molecule has 2 aliphatic heterocycles. The van der Waals surface area contributed by atoms with Gasteiger partial charge in [-0.05, 0) is 49.4 Å². The molecule has 0 N–H and O–H groups in total. The van der Waals surface area contributed by atoms with Gasteiger partial charge >= 0.3 is 0 Å². The van der Waals surface area contributed by atoms with Gasteiger partial charge in [-0.2, -0.15) is 5.10 Å². The summed E-state index contributed by atoms with van der Waals surface area (Å²) in [6, 6.07) is 8.26. The zero-order chi connectivity index (χ0) is 20.8. The number of methoxy groups -OCH3 is 1. The van der Waals surface area contributed by atoms with E-state index in [0.29, 0.717) is 24.5 Å². The Kier molecular flexibility index (Phi) is 7.25. The Morgan fingerprint density at radius 3 is 2.72 bits per heavy atom. The fraction of sp³-hybridized carbons (Fsp3) is 0.591. The van der Waals surface area contributed by atoms with Gasteiger partial charge in [0.25, 0.3) is 5.91 Å². The molecular formula is C22H32N4O3. The van der Waals surface area contributed by atoms with Crippen LogP contribution in [-0.2, 0) is 16.0 Å². The number of benzene rings is 1. The number of carbonyl (C=O) groups excluding carboxylic acids is 2. The lowest BCUT2D eigenvalue weighted by atomic mass is 9.96. The molecule has 0 aromatic heterocycles. The molecule has 7 nitrogen and oxygen atoms in total. The van der Waals surface area contributed by atoms with Gasteiger partial charge in [-0.3, -0.25) is 9.59 Å². The van der Waals surface area contributed by atoms with E-state index in [0.717, 1.165) is 51.2 Å². The second kappa shape index (κ2) is 9.87. The van der Waals surface area contributed by atoms with Crippen molar-refractivity contribution >= 4 is 17.5 Å². The van der Waals surface area contributed by atoms with E-state index in [1.807, 2.05) is 19.2 Å². The summed E-state index contributed by atoms with van der Waals surface area (Å²) in [6.07, 6.45) is 4.11. The van der Waals surface area contributed by atoms with Crippen molar-refractivity contribution in [2.45, 2.75) is 32.1 Å². The Morgan fingerprint density at radius 1 is 1.28 bits per heavy atom. The second-order valence-electron chi connectivity index (χ2n) is 8.06. The lowest BCUT2D eigenvalue weighted by Gasteiger charge is -2.35. The molecule has 1 fully saturated rings. The maximum absolute atomic E-state index is 12.7. The minimum absolute atomic E-state index is 0.0380. The number of rotatable bonds is 7. The molecule has 29 heavy (non-hydrogen) atoms. The maximum Gasteiger partial charge on any atom is 0.269 e. The highest BCUT2D eigenvalue weighted by Crippen LogP contribution is 2.19. The van der Waals surface area contributed by atoms with E-state index >= 15 is 0 Å². The molecule has 1 saturated heterocycles. The van der Waals surface area contributed by atoms with Crippen LogP contribution in [0.4, 0.5) is 0 Å². The summed E-state index contributed by atoms with van der Waals surface area (Å²) < 4.78 is 5.22. The van der Waals surface area contributed by atoms with Gasteiger partial charge in [0.15, 0.2) is 0 Å². The summed E-state index contributed by atoms with van der Waals surface area (Å²) >= 11 is 0. The van der Waals surface area contributed by atoms with Crippen molar-refractivity contribution in [3.8, 4) is 5.75 Å². The van der Waals surface area contributed by atoms with E-state index in [1.165, 1.54) is 10.6 Å². The summed E-state index contributed by atoms with van der Waals surface area (Å²) in [4.78, 5) is 28.5. The normalized spacial score (nSPS) is 20.4. The predicted molar refractivity (Wildman–Crippen MR) is 113 cm³/mol. The molecule has 158 valence electrons. The Balaban J connectivity index is 1.47. The van der Waals surface area contributed by atoms with Gasteiger partial charge in [0, 0.05) is 46.6 Å². The quantitative estimate of drug-likeness (QED) is 0.702. The van der Waals surface area contributed by atoms with Crippen LogP contribution >= 0.6 is 0 Å². The number of likely N-dealkylation sites (tertiary alicyclic amines) is 1. The summed E-state index contributed by atoms with van der Waals surface area (Å²) in [7, 11) is 5.14. The number of hydrogen-bond donors (Lipinski definition) is 0. The van der Waals surface area contributed by atoms with Crippen LogP contribution in [0.1, 0.15) is 31.2 Å². The third kappa shape index (κ3) is 5.79. The fourth-order valence-corrected chi connectivity index (χ4v) is 4.10. The van der Waals surface area contributed by atoms with Crippen LogP contribution in [0.2, 0.25) is 0 Å². The molecule has 2 amide bonds. The van der Waals surface area contributed by atoms with Crippen molar-refractivity contribution in [2.24, 2.45) is 11.0 Å². The highest BCUT2D eigenvalue weighted by Gasteiger charge is 2.27. The summed E-state index contributed by atoms with van der Waals surface area (Å²) in [6.45, 7) is 3.89. The average Bonchev–Trinajstić information content (AvgIpc) is 2.74. The third-order valence-electron chi connectivity index (χ3n) is 5.81. The van der Waals surface area contributed by atoms with Crippen molar-refractivity contribution in [1.82, 2.24) is 14.8 Å². The molecule has 1 atom stereocenters. The standard InChI is InChI=1S/C22H32N4O3/c1-24(22(28)20-10-11-21(27)25(2)23-20)15-18-5-4-13-26(16-18)14-12-17-6-8-19(29-3)9-7-17/h6-9,18H,4-5,10-16H2,1-3H3. The molecule has 7 heteroatoms. The van der Waals surface area contributed by atoms with E-state index in [-0.39, 0.29) is 11.8 Å². The van der Waals surface area contributed by atoms with Gasteiger partial charge in [0.05, 0.1) is 7.11 Å². The van der Waals surface area contributed by atoms with Crippen LogP contribution in [0, 0.1) is 5.92 Å². The average molecular weight is 401 g/mol. The van der Waals surface area contributed by atoms with Crippen LogP contribution in [0.3, 0.4) is 0 Å². The van der Waals surface area contributed by atoms with Gasteiger partial charge in [-0.1, -0.05) is 12.1 Å². The first-order chi connectivity index (χ1) is 14.0. The minimum atomic E-state index is -0.0558. The zero-order valence-corrected chi connectivity index (χ0v) is 17.8. The molecule has 0 spiro atoms. The smallest absolute Gasteiger partial charge is 0.269 e. The highest BCUT2D eigenvalue weighted by atomic mass is 16.5. The highest BCUT2D eigenvalue weighted by molar-refractivity contribution is 6.39. The molecule has 3 rings (SSSR count). The predicted octanol–water partition coefficient (Wildman–Crippen LogP) is 2.02. The van der Waals surface area contributed by atoms with E-state index in [9.17, 15) is 9.59 Å². The number of hydrazone groups is 1. The first-order valence-corrected chi connectivity index (χ1v) is 10.4. The van der Waals surface area contributed by atoms with Crippen molar-refractivity contribution in [1.29, 1.82) is 0 Å². The van der Waals surface area contributed by atoms with Crippen molar-refractivity contribution in [3.05, 3.63) is 29.8 Å². The first-order valence-electron chi connectivity index (χ1n) is 10.4. The molecule has 0 bridgehead atoms. The number of piperidine rings is 1. The Hall–Kier alpha value is -2.41. The van der Waals surface area contributed by atoms with Gasteiger partial charge in [0.1, 0.15) is 11.5 Å². The number of hydrogen-bond acceptors (Lipinski definition) is 5.